The van der Waals surface area contributed by atoms with Crippen molar-refractivity contribution >= 4 is 35.2 Å². The summed E-state index contributed by atoms with van der Waals surface area (Å²) >= 11 is 0. The van der Waals surface area contributed by atoms with Crippen LogP contribution >= 0.6 is 0 Å². The highest BCUT2D eigenvalue weighted by atomic mass is 19.4. The second-order valence-corrected chi connectivity index (χ2v) is 7.58. The number of halogens is 3. The Kier molecular flexibility index (Phi) is 6.33. The number of carbonyl (C=O) groups excluding carboxylic acids is 4. The summed E-state index contributed by atoms with van der Waals surface area (Å²) in [7, 11) is 0. The molecule has 3 aromatic carbocycles. The largest absolute Gasteiger partial charge is 0.452 e. The lowest BCUT2D eigenvalue weighted by atomic mass is 9.84. The number of amides is 1. The first-order valence-electron chi connectivity index (χ1n) is 10.3. The van der Waals surface area contributed by atoms with Gasteiger partial charge in [-0.15, -0.1) is 0 Å². The molecule has 0 aliphatic heterocycles. The molecule has 0 unspecified atom stereocenters. The van der Waals surface area contributed by atoms with Crippen LogP contribution in [0.1, 0.15) is 43.0 Å². The molecule has 0 aromatic heterocycles. The summed E-state index contributed by atoms with van der Waals surface area (Å²) in [6.45, 7) is -0.668. The molecule has 4 rings (SSSR count). The standard InChI is InChI=1S/C26H16F3NO5/c27-26(28,29)16-5-3-4-15(12-16)8-11-23(32)35-14-22(31)30-17-9-10-20-21(13-17)25(34)19-7-2-1-6-18(19)24(20)33/h1-13H,14H2,(H,30,31). The molecular formula is C26H16F3NO5. The van der Waals surface area contributed by atoms with Gasteiger partial charge in [0.25, 0.3) is 5.91 Å². The predicted molar refractivity (Wildman–Crippen MR) is 120 cm³/mol. The highest BCUT2D eigenvalue weighted by molar-refractivity contribution is 6.28. The zero-order valence-electron chi connectivity index (χ0n) is 17.9. The number of nitrogens with one attached hydrogen (secondary N) is 1. The average Bonchev–Trinajstić information content (AvgIpc) is 2.84. The summed E-state index contributed by atoms with van der Waals surface area (Å²) in [5, 5.41) is 2.48. The van der Waals surface area contributed by atoms with Crippen LogP contribution in [0, 0.1) is 0 Å². The molecule has 3 aromatic rings. The third-order valence-electron chi connectivity index (χ3n) is 5.18. The van der Waals surface area contributed by atoms with Crippen molar-refractivity contribution in [2.75, 3.05) is 11.9 Å². The van der Waals surface area contributed by atoms with Crippen LogP contribution in [0.4, 0.5) is 18.9 Å². The Labute approximate surface area is 197 Å². The van der Waals surface area contributed by atoms with Crippen molar-refractivity contribution in [2.24, 2.45) is 0 Å². The predicted octanol–water partition coefficient (Wildman–Crippen LogP) is 4.68. The molecule has 1 N–H and O–H groups in total. The van der Waals surface area contributed by atoms with Crippen LogP contribution in [-0.2, 0) is 20.5 Å². The van der Waals surface area contributed by atoms with Crippen molar-refractivity contribution in [1.82, 2.24) is 0 Å². The lowest BCUT2D eigenvalue weighted by molar-refractivity contribution is -0.142. The van der Waals surface area contributed by atoms with Gasteiger partial charge in [-0.05, 0) is 42.0 Å². The van der Waals surface area contributed by atoms with Crippen LogP contribution < -0.4 is 5.32 Å². The van der Waals surface area contributed by atoms with E-state index >= 15 is 0 Å². The van der Waals surface area contributed by atoms with Crippen molar-refractivity contribution in [3.8, 4) is 0 Å². The summed E-state index contributed by atoms with van der Waals surface area (Å²) in [6.07, 6.45) is -2.47. The summed E-state index contributed by atoms with van der Waals surface area (Å²) < 4.78 is 43.1. The lowest BCUT2D eigenvalue weighted by Crippen LogP contribution is -2.23. The zero-order valence-corrected chi connectivity index (χ0v) is 17.9. The summed E-state index contributed by atoms with van der Waals surface area (Å²) in [5.74, 6) is -2.28. The smallest absolute Gasteiger partial charge is 0.416 e. The van der Waals surface area contributed by atoms with Gasteiger partial charge in [-0.2, -0.15) is 13.2 Å². The molecule has 1 aliphatic carbocycles. The number of alkyl halides is 3. The third-order valence-corrected chi connectivity index (χ3v) is 5.18. The number of ketones is 2. The quantitative estimate of drug-likeness (QED) is 0.332. The Balaban J connectivity index is 1.36. The van der Waals surface area contributed by atoms with Crippen LogP contribution in [-0.4, -0.2) is 30.0 Å². The summed E-state index contributed by atoms with van der Waals surface area (Å²) in [6, 6.07) is 15.1. The van der Waals surface area contributed by atoms with Gasteiger partial charge in [0.1, 0.15) is 0 Å². The molecule has 1 aliphatic rings. The second-order valence-electron chi connectivity index (χ2n) is 7.58. The molecule has 0 radical (unpaired) electrons. The number of ether oxygens (including phenoxy) is 1. The second kappa shape index (κ2) is 9.38. The molecule has 0 spiro atoms. The monoisotopic (exact) mass is 479 g/mol. The van der Waals surface area contributed by atoms with Crippen molar-refractivity contribution < 1.29 is 37.1 Å². The molecule has 9 heteroatoms. The van der Waals surface area contributed by atoms with Gasteiger partial charge in [-0.1, -0.05) is 36.4 Å². The van der Waals surface area contributed by atoms with Gasteiger partial charge in [0, 0.05) is 34.0 Å². The number of anilines is 1. The van der Waals surface area contributed by atoms with Crippen molar-refractivity contribution in [3.05, 3.63) is 106 Å². The summed E-state index contributed by atoms with van der Waals surface area (Å²) in [4.78, 5) is 49.4. The van der Waals surface area contributed by atoms with Gasteiger partial charge in [-0.3, -0.25) is 14.4 Å². The molecule has 0 heterocycles. The molecule has 0 saturated carbocycles. The fourth-order valence-electron chi connectivity index (χ4n) is 3.54. The first kappa shape index (κ1) is 23.6. The molecule has 0 saturated heterocycles. The van der Waals surface area contributed by atoms with Crippen LogP contribution in [0.15, 0.2) is 72.8 Å². The van der Waals surface area contributed by atoms with E-state index in [1.807, 2.05) is 0 Å². The molecule has 0 fully saturated rings. The molecule has 0 atom stereocenters. The molecule has 6 nitrogen and oxygen atoms in total. The Bertz CT molecular complexity index is 1390. The Morgan fingerprint density at radius 3 is 2.17 bits per heavy atom. The van der Waals surface area contributed by atoms with E-state index in [4.69, 9.17) is 4.74 Å². The van der Waals surface area contributed by atoms with Crippen LogP contribution in [0.25, 0.3) is 6.08 Å². The van der Waals surface area contributed by atoms with Gasteiger partial charge < -0.3 is 10.1 Å². The van der Waals surface area contributed by atoms with E-state index in [1.165, 1.54) is 30.3 Å². The number of rotatable bonds is 5. The van der Waals surface area contributed by atoms with Crippen molar-refractivity contribution in [2.45, 2.75) is 6.18 Å². The maximum atomic E-state index is 12.8. The Morgan fingerprint density at radius 2 is 1.49 bits per heavy atom. The number of carbonyl (C=O) groups is 4. The molecule has 0 bridgehead atoms. The first-order valence-corrected chi connectivity index (χ1v) is 10.3. The topological polar surface area (TPSA) is 89.5 Å². The highest BCUT2D eigenvalue weighted by Gasteiger charge is 2.30. The third kappa shape index (κ3) is 5.19. The van der Waals surface area contributed by atoms with Crippen LogP contribution in [0.2, 0.25) is 0 Å². The number of benzene rings is 3. The fraction of sp³-hybridized carbons (Fsp3) is 0.0769. The maximum Gasteiger partial charge on any atom is 0.416 e. The minimum absolute atomic E-state index is 0.135. The highest BCUT2D eigenvalue weighted by Crippen LogP contribution is 2.30. The van der Waals surface area contributed by atoms with Crippen molar-refractivity contribution in [3.63, 3.8) is 0 Å². The molecular weight excluding hydrogens is 463 g/mol. The lowest BCUT2D eigenvalue weighted by Gasteiger charge is -2.18. The number of hydrogen-bond acceptors (Lipinski definition) is 5. The molecule has 35 heavy (non-hydrogen) atoms. The van der Waals surface area contributed by atoms with Crippen LogP contribution in [0.3, 0.4) is 0 Å². The fourth-order valence-corrected chi connectivity index (χ4v) is 3.54. The number of esters is 1. The van der Waals surface area contributed by atoms with E-state index in [-0.39, 0.29) is 39.5 Å². The summed E-state index contributed by atoms with van der Waals surface area (Å²) in [5.41, 5.74) is 0.453. The van der Waals surface area contributed by atoms with Gasteiger partial charge in [0.05, 0.1) is 5.56 Å². The Morgan fingerprint density at radius 1 is 0.829 bits per heavy atom. The molecule has 1 amide bonds. The SMILES string of the molecule is O=C(COC(=O)C=Cc1cccc(C(F)(F)F)c1)Nc1ccc2c(c1)C(=O)c1ccccc1C2=O. The van der Waals surface area contributed by atoms with E-state index in [2.05, 4.69) is 5.32 Å². The van der Waals surface area contributed by atoms with Crippen molar-refractivity contribution in [1.29, 1.82) is 0 Å². The first-order chi connectivity index (χ1) is 16.6. The number of hydrogen-bond donors (Lipinski definition) is 1. The minimum Gasteiger partial charge on any atom is -0.452 e. The maximum absolute atomic E-state index is 12.8. The van der Waals surface area contributed by atoms with E-state index in [1.54, 1.807) is 24.3 Å². The van der Waals surface area contributed by atoms with Gasteiger partial charge in [0.15, 0.2) is 18.2 Å². The van der Waals surface area contributed by atoms with Gasteiger partial charge in [-0.25, -0.2) is 4.79 Å². The van der Waals surface area contributed by atoms with E-state index in [9.17, 15) is 32.3 Å². The normalized spacial score (nSPS) is 12.8. The number of fused-ring (bicyclic) bond motifs is 2. The van der Waals surface area contributed by atoms with E-state index in [0.717, 1.165) is 24.3 Å². The minimum atomic E-state index is -4.51. The van der Waals surface area contributed by atoms with E-state index < -0.39 is 30.2 Å². The zero-order chi connectivity index (χ0) is 25.2. The Hall–Kier alpha value is -4.53. The van der Waals surface area contributed by atoms with Gasteiger partial charge in [0.2, 0.25) is 0 Å². The van der Waals surface area contributed by atoms with Crippen LogP contribution in [0.5, 0.6) is 0 Å². The molecule has 176 valence electrons. The van der Waals surface area contributed by atoms with E-state index in [0.29, 0.717) is 5.56 Å². The average molecular weight is 479 g/mol. The van der Waals surface area contributed by atoms with Gasteiger partial charge >= 0.3 is 12.1 Å².